The maximum atomic E-state index is 5.48. The Kier molecular flexibility index (Phi) is 11.9. The normalized spacial score (nSPS) is 13.0. The van der Waals surface area contributed by atoms with Gasteiger partial charge in [0.1, 0.15) is 0 Å². The van der Waals surface area contributed by atoms with Crippen molar-refractivity contribution in [3.63, 3.8) is 0 Å². The number of hydrogen-bond donors (Lipinski definition) is 1. The summed E-state index contributed by atoms with van der Waals surface area (Å²) in [4.78, 5) is 0. The van der Waals surface area contributed by atoms with Gasteiger partial charge >= 0.3 is 0 Å². The third-order valence-electron chi connectivity index (χ3n) is 2.40. The molecular formula is C12H27NO2. The number of ether oxygens (including phenoxy) is 2. The zero-order valence-electron chi connectivity index (χ0n) is 10.6. The number of hydrogen-bond acceptors (Lipinski definition) is 3. The topological polar surface area (TPSA) is 30.5 Å². The highest BCUT2D eigenvalue weighted by atomic mass is 16.5. The first-order valence-electron chi connectivity index (χ1n) is 6.15. The Balaban J connectivity index is 3.14. The van der Waals surface area contributed by atoms with E-state index in [1.165, 1.54) is 12.8 Å². The van der Waals surface area contributed by atoms with Crippen molar-refractivity contribution >= 4 is 0 Å². The molecule has 0 aromatic rings. The van der Waals surface area contributed by atoms with Crippen molar-refractivity contribution in [2.45, 2.75) is 45.6 Å². The van der Waals surface area contributed by atoms with E-state index < -0.39 is 0 Å². The lowest BCUT2D eigenvalue weighted by atomic mass is 10.2. The van der Waals surface area contributed by atoms with Crippen LogP contribution in [0.25, 0.3) is 0 Å². The van der Waals surface area contributed by atoms with Gasteiger partial charge in [-0.1, -0.05) is 20.3 Å². The van der Waals surface area contributed by atoms with E-state index in [0.29, 0.717) is 6.04 Å². The van der Waals surface area contributed by atoms with Crippen molar-refractivity contribution in [3.8, 4) is 0 Å². The predicted octanol–water partition coefficient (Wildman–Crippen LogP) is 2.21. The summed E-state index contributed by atoms with van der Waals surface area (Å²) in [6, 6.07) is 0.491. The molecule has 1 unspecified atom stereocenters. The van der Waals surface area contributed by atoms with Crippen molar-refractivity contribution in [2.75, 3.05) is 33.5 Å². The van der Waals surface area contributed by atoms with Gasteiger partial charge in [-0.15, -0.1) is 0 Å². The van der Waals surface area contributed by atoms with Crippen LogP contribution >= 0.6 is 0 Å². The van der Waals surface area contributed by atoms with Gasteiger partial charge in [-0.3, -0.25) is 0 Å². The fourth-order valence-corrected chi connectivity index (χ4v) is 1.35. The van der Waals surface area contributed by atoms with Crippen LogP contribution in [0.15, 0.2) is 0 Å². The average molecular weight is 217 g/mol. The quantitative estimate of drug-likeness (QED) is 0.538. The molecule has 0 rings (SSSR count). The van der Waals surface area contributed by atoms with E-state index in [1.54, 1.807) is 7.11 Å². The fraction of sp³-hybridized carbons (Fsp3) is 1.00. The Morgan fingerprint density at radius 2 is 1.87 bits per heavy atom. The van der Waals surface area contributed by atoms with Crippen molar-refractivity contribution in [1.82, 2.24) is 5.32 Å². The number of nitrogens with one attached hydrogen (secondary N) is 1. The molecule has 0 aliphatic carbocycles. The van der Waals surface area contributed by atoms with Gasteiger partial charge in [-0.2, -0.15) is 0 Å². The Labute approximate surface area is 94.5 Å². The molecule has 0 spiro atoms. The number of rotatable bonds is 11. The first-order chi connectivity index (χ1) is 7.35. The minimum Gasteiger partial charge on any atom is -0.383 e. The van der Waals surface area contributed by atoms with Gasteiger partial charge < -0.3 is 14.8 Å². The summed E-state index contributed by atoms with van der Waals surface area (Å²) < 4.78 is 10.6. The van der Waals surface area contributed by atoms with Crippen LogP contribution in [0.3, 0.4) is 0 Å². The van der Waals surface area contributed by atoms with Crippen LogP contribution in [0.4, 0.5) is 0 Å². The fourth-order valence-electron chi connectivity index (χ4n) is 1.35. The molecule has 1 atom stereocenters. The maximum Gasteiger partial charge on any atom is 0.0615 e. The van der Waals surface area contributed by atoms with E-state index in [4.69, 9.17) is 9.47 Å². The second-order valence-electron chi connectivity index (χ2n) is 3.83. The third kappa shape index (κ3) is 10.2. The van der Waals surface area contributed by atoms with Crippen molar-refractivity contribution < 1.29 is 9.47 Å². The van der Waals surface area contributed by atoms with E-state index in [0.717, 1.165) is 39.2 Å². The van der Waals surface area contributed by atoms with Crippen LogP contribution < -0.4 is 5.32 Å². The van der Waals surface area contributed by atoms with Gasteiger partial charge in [-0.05, 0) is 25.8 Å². The highest BCUT2D eigenvalue weighted by molar-refractivity contribution is 4.62. The molecule has 3 heteroatoms. The molecular weight excluding hydrogens is 190 g/mol. The molecule has 0 saturated heterocycles. The van der Waals surface area contributed by atoms with Crippen LogP contribution in [0.1, 0.15) is 39.5 Å². The SMILES string of the molecule is CCCCOCCCNC(CC)COC. The predicted molar refractivity (Wildman–Crippen MR) is 64.3 cm³/mol. The lowest BCUT2D eigenvalue weighted by molar-refractivity contribution is 0.124. The van der Waals surface area contributed by atoms with Crippen LogP contribution in [0.2, 0.25) is 0 Å². The highest BCUT2D eigenvalue weighted by Gasteiger charge is 2.03. The highest BCUT2D eigenvalue weighted by Crippen LogP contribution is 1.93. The van der Waals surface area contributed by atoms with E-state index in [-0.39, 0.29) is 0 Å². The molecule has 15 heavy (non-hydrogen) atoms. The first kappa shape index (κ1) is 14.9. The minimum absolute atomic E-state index is 0.491. The van der Waals surface area contributed by atoms with Gasteiger partial charge in [-0.25, -0.2) is 0 Å². The average Bonchev–Trinajstić information content (AvgIpc) is 2.26. The Hall–Kier alpha value is -0.120. The van der Waals surface area contributed by atoms with E-state index >= 15 is 0 Å². The smallest absolute Gasteiger partial charge is 0.0615 e. The number of methoxy groups -OCH3 is 1. The summed E-state index contributed by atoms with van der Waals surface area (Å²) in [5.74, 6) is 0. The number of unbranched alkanes of at least 4 members (excludes halogenated alkanes) is 1. The van der Waals surface area contributed by atoms with Gasteiger partial charge in [0.15, 0.2) is 0 Å². The minimum atomic E-state index is 0.491. The molecule has 1 N–H and O–H groups in total. The summed E-state index contributed by atoms with van der Waals surface area (Å²) in [5.41, 5.74) is 0. The second-order valence-corrected chi connectivity index (χ2v) is 3.83. The molecule has 0 aromatic heterocycles. The molecule has 0 aliphatic heterocycles. The van der Waals surface area contributed by atoms with Crippen LogP contribution in [-0.4, -0.2) is 39.5 Å². The second kappa shape index (κ2) is 12.0. The molecule has 0 aromatic carbocycles. The molecule has 3 nitrogen and oxygen atoms in total. The molecule has 0 heterocycles. The summed E-state index contributed by atoms with van der Waals surface area (Å²) in [5, 5.41) is 3.46. The van der Waals surface area contributed by atoms with Crippen LogP contribution in [-0.2, 0) is 9.47 Å². The van der Waals surface area contributed by atoms with Crippen molar-refractivity contribution in [3.05, 3.63) is 0 Å². The lowest BCUT2D eigenvalue weighted by Crippen LogP contribution is -2.33. The monoisotopic (exact) mass is 217 g/mol. The van der Waals surface area contributed by atoms with Gasteiger partial charge in [0, 0.05) is 26.4 Å². The zero-order chi connectivity index (χ0) is 11.4. The third-order valence-corrected chi connectivity index (χ3v) is 2.40. The van der Waals surface area contributed by atoms with Gasteiger partial charge in [0.05, 0.1) is 6.61 Å². The maximum absolute atomic E-state index is 5.48. The van der Waals surface area contributed by atoms with Crippen molar-refractivity contribution in [1.29, 1.82) is 0 Å². The van der Waals surface area contributed by atoms with E-state index in [2.05, 4.69) is 19.2 Å². The summed E-state index contributed by atoms with van der Waals surface area (Å²) in [6.07, 6.45) is 4.59. The van der Waals surface area contributed by atoms with Gasteiger partial charge in [0.2, 0.25) is 0 Å². The Morgan fingerprint density at radius 3 is 2.47 bits per heavy atom. The standard InChI is InChI=1S/C12H27NO2/c1-4-6-9-15-10-7-8-13-12(5-2)11-14-3/h12-13H,4-11H2,1-3H3. The first-order valence-corrected chi connectivity index (χ1v) is 6.15. The summed E-state index contributed by atoms with van der Waals surface area (Å²) >= 11 is 0. The van der Waals surface area contributed by atoms with Crippen LogP contribution in [0, 0.1) is 0 Å². The van der Waals surface area contributed by atoms with Gasteiger partial charge in [0.25, 0.3) is 0 Å². The molecule has 0 fully saturated rings. The molecule has 0 saturated carbocycles. The molecule has 0 radical (unpaired) electrons. The molecule has 0 bridgehead atoms. The lowest BCUT2D eigenvalue weighted by Gasteiger charge is -2.15. The molecule has 0 amide bonds. The largest absolute Gasteiger partial charge is 0.383 e. The zero-order valence-corrected chi connectivity index (χ0v) is 10.6. The Bertz CT molecular complexity index is 120. The van der Waals surface area contributed by atoms with E-state index in [1.807, 2.05) is 0 Å². The summed E-state index contributed by atoms with van der Waals surface area (Å²) in [7, 11) is 1.75. The molecule has 0 aliphatic rings. The van der Waals surface area contributed by atoms with Crippen molar-refractivity contribution in [2.24, 2.45) is 0 Å². The van der Waals surface area contributed by atoms with Crippen LogP contribution in [0.5, 0.6) is 0 Å². The Morgan fingerprint density at radius 1 is 1.13 bits per heavy atom. The summed E-state index contributed by atoms with van der Waals surface area (Å²) in [6.45, 7) is 7.96. The van der Waals surface area contributed by atoms with E-state index in [9.17, 15) is 0 Å². The molecule has 92 valence electrons.